The topological polar surface area (TPSA) is 90.0 Å². The van der Waals surface area contributed by atoms with E-state index in [2.05, 4.69) is 0 Å². The highest BCUT2D eigenvalue weighted by molar-refractivity contribution is 6.08. The van der Waals surface area contributed by atoms with Crippen LogP contribution in [0.5, 0.6) is 5.75 Å². The number of likely N-dealkylation sites (tertiary alicyclic amines) is 1. The summed E-state index contributed by atoms with van der Waals surface area (Å²) in [6.07, 6.45) is 4.76. The van der Waals surface area contributed by atoms with Gasteiger partial charge < -0.3 is 9.47 Å². The number of rotatable bonds is 6. The van der Waals surface area contributed by atoms with Crippen molar-refractivity contribution in [2.75, 3.05) is 13.7 Å². The predicted molar refractivity (Wildman–Crippen MR) is 95.0 cm³/mol. The first-order valence-electron chi connectivity index (χ1n) is 8.80. The summed E-state index contributed by atoms with van der Waals surface area (Å²) < 4.78 is 10.2. The average Bonchev–Trinajstić information content (AvgIpc) is 2.96. The summed E-state index contributed by atoms with van der Waals surface area (Å²) in [5.41, 5.74) is 0.297. The van der Waals surface area contributed by atoms with Crippen LogP contribution in [-0.4, -0.2) is 48.2 Å². The van der Waals surface area contributed by atoms with Crippen LogP contribution in [0.15, 0.2) is 36.4 Å². The molecule has 7 heteroatoms. The first kappa shape index (κ1) is 18.8. The number of ether oxygens (including phenoxy) is 2. The first-order valence-corrected chi connectivity index (χ1v) is 8.80. The molecule has 0 saturated carbocycles. The fraction of sp³-hybridized carbons (Fsp3) is 0.400. The minimum absolute atomic E-state index is 0.297. The van der Waals surface area contributed by atoms with Gasteiger partial charge in [0, 0.05) is 0 Å². The van der Waals surface area contributed by atoms with E-state index < -0.39 is 36.2 Å². The maximum Gasteiger partial charge on any atom is 0.329 e. The average molecular weight is 371 g/mol. The number of ketones is 1. The minimum Gasteiger partial charge on any atom is -0.496 e. The Hall–Kier alpha value is -2.96. The Balaban J connectivity index is 1.63. The van der Waals surface area contributed by atoms with E-state index in [0.29, 0.717) is 24.2 Å². The highest BCUT2D eigenvalue weighted by Crippen LogP contribution is 2.36. The van der Waals surface area contributed by atoms with E-state index in [-0.39, 0.29) is 11.8 Å². The highest BCUT2D eigenvalue weighted by atomic mass is 16.5. The molecule has 0 unspecified atom stereocenters. The summed E-state index contributed by atoms with van der Waals surface area (Å²) in [5.74, 6) is -2.35. The third kappa shape index (κ3) is 3.49. The van der Waals surface area contributed by atoms with Gasteiger partial charge in [-0.15, -0.1) is 0 Å². The van der Waals surface area contributed by atoms with Crippen LogP contribution in [0.1, 0.15) is 30.1 Å². The van der Waals surface area contributed by atoms with Crippen molar-refractivity contribution in [2.24, 2.45) is 11.8 Å². The summed E-state index contributed by atoms with van der Waals surface area (Å²) in [6, 6.07) is 5.54. The lowest BCUT2D eigenvalue weighted by atomic mass is 9.85. The number of hydrogen-bond acceptors (Lipinski definition) is 6. The van der Waals surface area contributed by atoms with E-state index >= 15 is 0 Å². The lowest BCUT2D eigenvalue weighted by molar-refractivity contribution is -0.157. The number of esters is 1. The Morgan fingerprint density at radius 2 is 1.70 bits per heavy atom. The van der Waals surface area contributed by atoms with Crippen LogP contribution < -0.4 is 4.74 Å². The van der Waals surface area contributed by atoms with Gasteiger partial charge in [-0.3, -0.25) is 19.3 Å². The molecule has 0 radical (unpaired) electrons. The third-order valence-corrected chi connectivity index (χ3v) is 5.02. The molecule has 2 amide bonds. The molecule has 27 heavy (non-hydrogen) atoms. The molecule has 1 aromatic carbocycles. The molecule has 7 nitrogen and oxygen atoms in total. The number of imide groups is 1. The number of para-hydroxylation sites is 1. The molecule has 3 atom stereocenters. The molecule has 1 fully saturated rings. The van der Waals surface area contributed by atoms with Crippen LogP contribution in [0, 0.1) is 11.8 Å². The normalized spacial score (nSPS) is 22.4. The molecular weight excluding hydrogens is 350 g/mol. The molecule has 1 aliphatic heterocycles. The Morgan fingerprint density at radius 1 is 1.11 bits per heavy atom. The Kier molecular flexibility index (Phi) is 5.39. The van der Waals surface area contributed by atoms with Crippen LogP contribution >= 0.6 is 0 Å². The van der Waals surface area contributed by atoms with Crippen LogP contribution in [0.2, 0.25) is 0 Å². The van der Waals surface area contributed by atoms with E-state index in [9.17, 15) is 19.2 Å². The molecular formula is C20H21NO6. The third-order valence-electron chi connectivity index (χ3n) is 5.02. The molecule has 3 rings (SSSR count). The molecule has 2 aliphatic rings. The number of fused-ring (bicyclic) bond motifs is 1. The lowest BCUT2D eigenvalue weighted by Gasteiger charge is -2.21. The van der Waals surface area contributed by atoms with Gasteiger partial charge >= 0.3 is 5.97 Å². The Labute approximate surface area is 156 Å². The van der Waals surface area contributed by atoms with Crippen molar-refractivity contribution in [3.63, 3.8) is 0 Å². The predicted octanol–water partition coefficient (Wildman–Crippen LogP) is 1.76. The summed E-state index contributed by atoms with van der Waals surface area (Å²) in [5, 5.41) is 0. The van der Waals surface area contributed by atoms with E-state index in [1.54, 1.807) is 24.3 Å². The van der Waals surface area contributed by atoms with Crippen molar-refractivity contribution < 1.29 is 28.7 Å². The monoisotopic (exact) mass is 371 g/mol. The number of hydrogen-bond donors (Lipinski definition) is 0. The number of carbonyl (C=O) groups is 4. The van der Waals surface area contributed by atoms with Crippen molar-refractivity contribution in [3.8, 4) is 5.75 Å². The molecule has 142 valence electrons. The van der Waals surface area contributed by atoms with Gasteiger partial charge in [0.25, 0.3) is 0 Å². The molecule has 1 saturated heterocycles. The van der Waals surface area contributed by atoms with Crippen molar-refractivity contribution >= 4 is 23.6 Å². The Bertz CT molecular complexity index is 788. The van der Waals surface area contributed by atoms with E-state index in [0.717, 1.165) is 4.90 Å². The van der Waals surface area contributed by atoms with Gasteiger partial charge in [-0.05, 0) is 31.9 Å². The van der Waals surface area contributed by atoms with Crippen LogP contribution in [-0.2, 0) is 19.1 Å². The van der Waals surface area contributed by atoms with Crippen LogP contribution in [0.4, 0.5) is 0 Å². The molecule has 0 bridgehead atoms. The zero-order valence-electron chi connectivity index (χ0n) is 15.2. The molecule has 0 spiro atoms. The number of amides is 2. The molecule has 1 aliphatic carbocycles. The molecule has 1 aromatic rings. The first-order chi connectivity index (χ1) is 13.0. The number of benzene rings is 1. The Morgan fingerprint density at radius 3 is 2.30 bits per heavy atom. The van der Waals surface area contributed by atoms with Gasteiger partial charge in [0.2, 0.25) is 17.6 Å². The molecule has 1 heterocycles. The maximum atomic E-state index is 12.5. The standard InChI is InChI=1S/C20H21NO6/c1-12(21-18(23)13-7-3-4-8-14(13)19(21)24)20(25)27-11-16(22)15-9-5-6-10-17(15)26-2/h3-6,9-10,12-14H,7-8,11H2,1-2H3/t12-,13+,14+/m0/s1. The fourth-order valence-corrected chi connectivity index (χ4v) is 3.52. The highest BCUT2D eigenvalue weighted by Gasteiger charge is 2.50. The summed E-state index contributed by atoms with van der Waals surface area (Å²) in [6.45, 7) is 0.949. The van der Waals surface area contributed by atoms with Gasteiger partial charge in [0.15, 0.2) is 6.61 Å². The largest absolute Gasteiger partial charge is 0.496 e. The zero-order chi connectivity index (χ0) is 19.6. The molecule has 0 N–H and O–H groups in total. The molecule has 0 aromatic heterocycles. The van der Waals surface area contributed by atoms with E-state index in [1.165, 1.54) is 14.0 Å². The minimum atomic E-state index is -1.07. The number of methoxy groups -OCH3 is 1. The van der Waals surface area contributed by atoms with Gasteiger partial charge in [-0.1, -0.05) is 24.3 Å². The summed E-state index contributed by atoms with van der Waals surface area (Å²) in [7, 11) is 1.44. The van der Waals surface area contributed by atoms with Crippen LogP contribution in [0.3, 0.4) is 0 Å². The van der Waals surface area contributed by atoms with Crippen molar-refractivity contribution in [1.82, 2.24) is 4.90 Å². The maximum absolute atomic E-state index is 12.5. The second kappa shape index (κ2) is 7.73. The lowest BCUT2D eigenvalue weighted by Crippen LogP contribution is -2.44. The van der Waals surface area contributed by atoms with E-state index in [1.807, 2.05) is 12.2 Å². The van der Waals surface area contributed by atoms with Gasteiger partial charge in [0.1, 0.15) is 11.8 Å². The van der Waals surface area contributed by atoms with Crippen molar-refractivity contribution in [3.05, 3.63) is 42.0 Å². The van der Waals surface area contributed by atoms with Gasteiger partial charge in [0.05, 0.1) is 24.5 Å². The number of carbonyl (C=O) groups excluding carboxylic acids is 4. The van der Waals surface area contributed by atoms with Gasteiger partial charge in [-0.25, -0.2) is 4.79 Å². The van der Waals surface area contributed by atoms with Crippen molar-refractivity contribution in [1.29, 1.82) is 0 Å². The smallest absolute Gasteiger partial charge is 0.329 e. The quantitative estimate of drug-likeness (QED) is 0.328. The number of nitrogens with zero attached hydrogens (tertiary/aromatic N) is 1. The number of Topliss-reactive ketones (excluding diaryl/α,β-unsaturated/α-hetero) is 1. The number of allylic oxidation sites excluding steroid dienone is 2. The fourth-order valence-electron chi connectivity index (χ4n) is 3.52. The van der Waals surface area contributed by atoms with Crippen LogP contribution in [0.25, 0.3) is 0 Å². The zero-order valence-corrected chi connectivity index (χ0v) is 15.2. The van der Waals surface area contributed by atoms with Gasteiger partial charge in [-0.2, -0.15) is 0 Å². The summed E-state index contributed by atoms with van der Waals surface area (Å²) >= 11 is 0. The summed E-state index contributed by atoms with van der Waals surface area (Å²) in [4.78, 5) is 50.7. The SMILES string of the molecule is COc1ccccc1C(=O)COC(=O)[C@H](C)N1C(=O)[C@@H]2CC=CC[C@H]2C1=O. The second-order valence-electron chi connectivity index (χ2n) is 6.61. The van der Waals surface area contributed by atoms with E-state index in [4.69, 9.17) is 9.47 Å². The van der Waals surface area contributed by atoms with Crippen molar-refractivity contribution in [2.45, 2.75) is 25.8 Å². The second-order valence-corrected chi connectivity index (χ2v) is 6.61.